The number of rotatable bonds is 5. The molecule has 1 saturated carbocycles. The number of ether oxygens (including phenoxy) is 2. The van der Waals surface area contributed by atoms with Gasteiger partial charge in [-0.2, -0.15) is 0 Å². The number of carbonyl (C=O) groups excluding carboxylic acids is 2. The topological polar surface area (TPSA) is 104 Å². The average molecular weight is 401 g/mol. The van der Waals surface area contributed by atoms with E-state index in [1.54, 1.807) is 30.3 Å². The van der Waals surface area contributed by atoms with Gasteiger partial charge >= 0.3 is 0 Å². The van der Waals surface area contributed by atoms with Crippen LogP contribution in [0.5, 0.6) is 11.5 Å². The summed E-state index contributed by atoms with van der Waals surface area (Å²) in [6, 6.07) is 18.0. The van der Waals surface area contributed by atoms with E-state index < -0.39 is 11.3 Å². The summed E-state index contributed by atoms with van der Waals surface area (Å²) in [4.78, 5) is 28.9. The van der Waals surface area contributed by atoms with Crippen molar-refractivity contribution in [3.8, 4) is 22.8 Å². The van der Waals surface area contributed by atoms with E-state index in [2.05, 4.69) is 10.3 Å². The Morgan fingerprint density at radius 1 is 0.967 bits per heavy atom. The molecule has 0 radical (unpaired) electrons. The number of anilines is 1. The van der Waals surface area contributed by atoms with Crippen molar-refractivity contribution in [2.75, 3.05) is 12.1 Å². The molecule has 5 rings (SSSR count). The maximum atomic E-state index is 13.1. The summed E-state index contributed by atoms with van der Waals surface area (Å²) in [6.45, 7) is 0.203. The number of fused-ring (bicyclic) bond motifs is 1. The van der Waals surface area contributed by atoms with E-state index in [9.17, 15) is 9.59 Å². The van der Waals surface area contributed by atoms with E-state index in [1.165, 1.54) is 0 Å². The van der Waals surface area contributed by atoms with Crippen molar-refractivity contribution in [2.45, 2.75) is 18.3 Å². The second-order valence-electron chi connectivity index (χ2n) is 7.45. The van der Waals surface area contributed by atoms with Gasteiger partial charge in [-0.15, -0.1) is 0 Å². The highest BCUT2D eigenvalue weighted by atomic mass is 16.7. The lowest BCUT2D eigenvalue weighted by Gasteiger charge is -2.16. The molecule has 0 saturated heterocycles. The lowest BCUT2D eigenvalue weighted by molar-refractivity contribution is -0.118. The molecule has 2 aromatic carbocycles. The predicted molar refractivity (Wildman–Crippen MR) is 110 cm³/mol. The van der Waals surface area contributed by atoms with Crippen LogP contribution in [0.2, 0.25) is 0 Å². The van der Waals surface area contributed by atoms with Crippen molar-refractivity contribution >= 4 is 17.6 Å². The van der Waals surface area contributed by atoms with Gasteiger partial charge in [0.05, 0.1) is 11.1 Å². The number of pyridine rings is 1. The van der Waals surface area contributed by atoms with Gasteiger partial charge in [0, 0.05) is 11.1 Å². The maximum absolute atomic E-state index is 13.1. The van der Waals surface area contributed by atoms with E-state index in [0.29, 0.717) is 28.6 Å². The fourth-order valence-electron chi connectivity index (χ4n) is 3.67. The van der Waals surface area contributed by atoms with Crippen LogP contribution in [0.1, 0.15) is 28.8 Å². The Hall–Kier alpha value is -3.87. The van der Waals surface area contributed by atoms with Crippen LogP contribution in [0.25, 0.3) is 11.3 Å². The van der Waals surface area contributed by atoms with E-state index in [4.69, 9.17) is 15.2 Å². The van der Waals surface area contributed by atoms with Gasteiger partial charge in [-0.05, 0) is 54.8 Å². The van der Waals surface area contributed by atoms with Crippen molar-refractivity contribution < 1.29 is 19.1 Å². The molecule has 7 heteroatoms. The molecule has 3 aromatic rings. The molecule has 0 spiro atoms. The Morgan fingerprint density at radius 2 is 1.73 bits per heavy atom. The van der Waals surface area contributed by atoms with Crippen LogP contribution >= 0.6 is 0 Å². The number of nitrogens with one attached hydrogen (secondary N) is 1. The summed E-state index contributed by atoms with van der Waals surface area (Å²) in [5.41, 5.74) is 7.59. The van der Waals surface area contributed by atoms with Gasteiger partial charge < -0.3 is 20.5 Å². The van der Waals surface area contributed by atoms with Gasteiger partial charge in [0.25, 0.3) is 0 Å². The Labute approximate surface area is 172 Å². The Balaban J connectivity index is 1.36. The highest BCUT2D eigenvalue weighted by Crippen LogP contribution is 2.51. The highest BCUT2D eigenvalue weighted by Gasteiger charge is 2.51. The van der Waals surface area contributed by atoms with Gasteiger partial charge in [-0.25, -0.2) is 4.98 Å². The van der Waals surface area contributed by atoms with Crippen molar-refractivity contribution in [2.24, 2.45) is 5.73 Å². The van der Waals surface area contributed by atoms with Crippen molar-refractivity contribution in [3.05, 3.63) is 71.8 Å². The van der Waals surface area contributed by atoms with Gasteiger partial charge in [0.15, 0.2) is 11.5 Å². The first-order valence-corrected chi connectivity index (χ1v) is 9.64. The monoisotopic (exact) mass is 401 g/mol. The lowest BCUT2D eigenvalue weighted by atomic mass is 9.94. The quantitative estimate of drug-likeness (QED) is 0.683. The third-order valence-corrected chi connectivity index (χ3v) is 5.57. The number of amides is 2. The van der Waals surface area contributed by atoms with Crippen LogP contribution in [0.15, 0.2) is 60.7 Å². The summed E-state index contributed by atoms with van der Waals surface area (Å²) in [5, 5.41) is 2.95. The molecule has 3 N–H and O–H groups in total. The summed E-state index contributed by atoms with van der Waals surface area (Å²) in [5.74, 6) is 1.28. The minimum Gasteiger partial charge on any atom is -0.454 e. The molecule has 150 valence electrons. The standard InChI is InChI=1S/C23H19N3O4/c24-21(27)15-6-4-14(5-7-15)17-2-1-3-20(25-17)26-22(28)23(10-11-23)16-8-9-18-19(12-16)30-13-29-18/h1-9,12H,10-11,13H2,(H2,24,27)(H,25,26,28). The molecule has 2 heterocycles. The second kappa shape index (κ2) is 6.88. The first-order chi connectivity index (χ1) is 14.5. The molecule has 1 aliphatic carbocycles. The van der Waals surface area contributed by atoms with Crippen LogP contribution in [0, 0.1) is 0 Å². The minimum atomic E-state index is -0.568. The molecule has 0 bridgehead atoms. The number of nitrogens with zero attached hydrogens (tertiary/aromatic N) is 1. The maximum Gasteiger partial charge on any atom is 0.248 e. The SMILES string of the molecule is NC(=O)c1ccc(-c2cccc(NC(=O)C3(c4ccc5c(c4)OCO5)CC3)n2)cc1. The van der Waals surface area contributed by atoms with Crippen molar-refractivity contribution in [3.63, 3.8) is 0 Å². The van der Waals surface area contributed by atoms with Crippen LogP contribution in [-0.2, 0) is 10.2 Å². The second-order valence-corrected chi connectivity index (χ2v) is 7.45. The van der Waals surface area contributed by atoms with Crippen LogP contribution in [0.4, 0.5) is 5.82 Å². The van der Waals surface area contributed by atoms with Gasteiger partial charge in [-0.3, -0.25) is 9.59 Å². The van der Waals surface area contributed by atoms with Crippen LogP contribution < -0.4 is 20.5 Å². The molecule has 1 aliphatic heterocycles. The average Bonchev–Trinajstić information content (AvgIpc) is 3.45. The number of primary amides is 1. The molecule has 2 amide bonds. The molecular weight excluding hydrogens is 382 g/mol. The molecule has 1 aromatic heterocycles. The molecule has 0 atom stereocenters. The normalized spacial score (nSPS) is 15.5. The van der Waals surface area contributed by atoms with Crippen molar-refractivity contribution in [1.29, 1.82) is 0 Å². The highest BCUT2D eigenvalue weighted by molar-refractivity contribution is 6.01. The molecule has 2 aliphatic rings. The summed E-state index contributed by atoms with van der Waals surface area (Å²) in [7, 11) is 0. The van der Waals surface area contributed by atoms with Gasteiger partial charge in [0.1, 0.15) is 5.82 Å². The number of hydrogen-bond acceptors (Lipinski definition) is 5. The van der Waals surface area contributed by atoms with E-state index in [1.807, 2.05) is 30.3 Å². The largest absolute Gasteiger partial charge is 0.454 e. The molecule has 0 unspecified atom stereocenters. The zero-order chi connectivity index (χ0) is 20.7. The summed E-state index contributed by atoms with van der Waals surface area (Å²) in [6.07, 6.45) is 1.54. The van der Waals surface area contributed by atoms with E-state index in [0.717, 1.165) is 24.0 Å². The fourth-order valence-corrected chi connectivity index (χ4v) is 3.67. The molecule has 30 heavy (non-hydrogen) atoms. The Kier molecular flexibility index (Phi) is 4.17. The van der Waals surface area contributed by atoms with E-state index in [-0.39, 0.29) is 12.7 Å². The third kappa shape index (κ3) is 3.14. The smallest absolute Gasteiger partial charge is 0.248 e. The fraction of sp³-hybridized carbons (Fsp3) is 0.174. The first-order valence-electron chi connectivity index (χ1n) is 9.64. The number of benzene rings is 2. The summed E-state index contributed by atoms with van der Waals surface area (Å²) >= 11 is 0. The minimum absolute atomic E-state index is 0.0879. The molecular formula is C23H19N3O4. The molecule has 7 nitrogen and oxygen atoms in total. The van der Waals surface area contributed by atoms with Gasteiger partial charge in [-0.1, -0.05) is 24.3 Å². The first kappa shape index (κ1) is 18.2. The van der Waals surface area contributed by atoms with Crippen molar-refractivity contribution in [1.82, 2.24) is 4.98 Å². The Bertz CT molecular complexity index is 1150. The predicted octanol–water partition coefficient (Wildman–Crippen LogP) is 3.25. The number of carbonyl (C=O) groups is 2. The third-order valence-electron chi connectivity index (χ3n) is 5.57. The van der Waals surface area contributed by atoms with Gasteiger partial charge in [0.2, 0.25) is 18.6 Å². The molecule has 1 fully saturated rings. The Morgan fingerprint density at radius 3 is 2.47 bits per heavy atom. The van der Waals surface area contributed by atoms with Crippen LogP contribution in [0.3, 0.4) is 0 Å². The zero-order valence-corrected chi connectivity index (χ0v) is 16.1. The summed E-state index contributed by atoms with van der Waals surface area (Å²) < 4.78 is 10.8. The number of aromatic nitrogens is 1. The van der Waals surface area contributed by atoms with E-state index >= 15 is 0 Å². The number of nitrogens with two attached hydrogens (primary N) is 1. The lowest BCUT2D eigenvalue weighted by Crippen LogP contribution is -2.28. The zero-order valence-electron chi connectivity index (χ0n) is 16.1. The number of hydrogen-bond donors (Lipinski definition) is 2. The van der Waals surface area contributed by atoms with Crippen LogP contribution in [-0.4, -0.2) is 23.6 Å².